The maximum Gasteiger partial charge on any atom is 0.191 e. The molecule has 0 fully saturated rings. The normalized spacial score (nSPS) is 20.4. The number of carbonyl (C=O) groups is 1. The molecule has 0 bridgehead atoms. The number of benzene rings is 1. The molecule has 0 amide bonds. The van der Waals surface area contributed by atoms with Crippen molar-refractivity contribution in [3.05, 3.63) is 77.0 Å². The Bertz CT molecular complexity index is 1130. The Kier molecular flexibility index (Phi) is 5.28. The van der Waals surface area contributed by atoms with E-state index in [1.54, 1.807) is 0 Å². The van der Waals surface area contributed by atoms with Crippen LogP contribution < -0.4 is 20.4 Å². The molecule has 1 aliphatic heterocycles. The zero-order valence-electron chi connectivity index (χ0n) is 18.1. The summed E-state index contributed by atoms with van der Waals surface area (Å²) in [7, 11) is 0. The SMILES string of the molecule is CCOc1ccccc1C1C(C#N)=C(N)N(c2ccc[nH+]c2)C2=C1C(=O)CC(C)(C)C2. The average molecular weight is 416 g/mol. The Balaban J connectivity index is 2.01. The molecule has 31 heavy (non-hydrogen) atoms. The number of carbonyl (C=O) groups excluding carboxylic acids is 1. The zero-order chi connectivity index (χ0) is 22.2. The molecule has 4 rings (SSSR count). The number of nitriles is 1. The van der Waals surface area contributed by atoms with Gasteiger partial charge in [0.1, 0.15) is 17.3 Å². The van der Waals surface area contributed by atoms with Crippen molar-refractivity contribution in [2.45, 2.75) is 39.5 Å². The summed E-state index contributed by atoms with van der Waals surface area (Å²) in [6, 6.07) is 13.7. The number of para-hydroxylation sites is 1. The molecular weight excluding hydrogens is 388 g/mol. The van der Waals surface area contributed by atoms with Gasteiger partial charge in [0.15, 0.2) is 18.2 Å². The molecule has 2 aromatic rings. The summed E-state index contributed by atoms with van der Waals surface area (Å²) in [5, 5.41) is 10.2. The van der Waals surface area contributed by atoms with Gasteiger partial charge >= 0.3 is 0 Å². The van der Waals surface area contributed by atoms with Crippen LogP contribution in [0.15, 0.2) is 71.5 Å². The van der Waals surface area contributed by atoms with Gasteiger partial charge in [-0.25, -0.2) is 4.98 Å². The van der Waals surface area contributed by atoms with Gasteiger partial charge in [-0.05, 0) is 30.9 Å². The van der Waals surface area contributed by atoms with Crippen molar-refractivity contribution in [1.82, 2.24) is 0 Å². The lowest BCUT2D eigenvalue weighted by Crippen LogP contribution is -2.42. The van der Waals surface area contributed by atoms with E-state index in [2.05, 4.69) is 24.9 Å². The Hall–Kier alpha value is -3.59. The van der Waals surface area contributed by atoms with Crippen molar-refractivity contribution >= 4 is 11.5 Å². The second-order valence-electron chi connectivity index (χ2n) is 8.71. The first-order valence-electron chi connectivity index (χ1n) is 10.5. The maximum absolute atomic E-state index is 13.5. The smallest absolute Gasteiger partial charge is 0.191 e. The van der Waals surface area contributed by atoms with Crippen LogP contribution in [-0.4, -0.2) is 12.4 Å². The molecule has 6 heteroatoms. The highest BCUT2D eigenvalue weighted by Gasteiger charge is 2.45. The lowest BCUT2D eigenvalue weighted by Gasteiger charge is -2.43. The van der Waals surface area contributed by atoms with Gasteiger partial charge in [0, 0.05) is 29.3 Å². The molecule has 1 aliphatic carbocycles. The number of anilines is 1. The monoisotopic (exact) mass is 415 g/mol. The van der Waals surface area contributed by atoms with E-state index in [9.17, 15) is 10.1 Å². The van der Waals surface area contributed by atoms with Crippen molar-refractivity contribution in [2.75, 3.05) is 11.5 Å². The van der Waals surface area contributed by atoms with E-state index < -0.39 is 5.92 Å². The lowest BCUT2D eigenvalue weighted by molar-refractivity contribution is -0.377. The van der Waals surface area contributed by atoms with E-state index in [0.717, 1.165) is 16.9 Å². The quantitative estimate of drug-likeness (QED) is 0.819. The zero-order valence-corrected chi connectivity index (χ0v) is 18.1. The number of ketones is 1. The molecular formula is C25H27N4O2+. The molecule has 1 aromatic heterocycles. The van der Waals surface area contributed by atoms with Crippen molar-refractivity contribution in [3.63, 3.8) is 0 Å². The van der Waals surface area contributed by atoms with Crippen molar-refractivity contribution in [3.8, 4) is 11.8 Å². The molecule has 3 N–H and O–H groups in total. The van der Waals surface area contributed by atoms with Crippen LogP contribution in [-0.2, 0) is 4.79 Å². The standard InChI is InChI=1S/C25H26N4O2/c1-4-31-21-10-6-5-9-17(21)22-18(14-26)24(27)29(16-8-7-11-28-15-16)19-12-25(2,3)13-20(30)23(19)22/h5-11,15,22H,4,12-13,27H2,1-3H3/p+1. The fourth-order valence-corrected chi connectivity index (χ4v) is 4.64. The van der Waals surface area contributed by atoms with Gasteiger partial charge in [0.2, 0.25) is 0 Å². The molecule has 0 spiro atoms. The summed E-state index contributed by atoms with van der Waals surface area (Å²) in [6.07, 6.45) is 4.74. The van der Waals surface area contributed by atoms with Gasteiger partial charge in [-0.2, -0.15) is 5.26 Å². The van der Waals surface area contributed by atoms with Crippen LogP contribution in [0, 0.1) is 16.7 Å². The summed E-state index contributed by atoms with van der Waals surface area (Å²) < 4.78 is 5.86. The third-order valence-corrected chi connectivity index (χ3v) is 5.86. The first-order chi connectivity index (χ1) is 14.9. The highest BCUT2D eigenvalue weighted by Crippen LogP contribution is 2.51. The number of rotatable bonds is 4. The van der Waals surface area contributed by atoms with E-state index in [1.807, 2.05) is 60.6 Å². The number of pyridine rings is 1. The average Bonchev–Trinajstić information content (AvgIpc) is 2.73. The number of hydrogen-bond acceptors (Lipinski definition) is 5. The first-order valence-corrected chi connectivity index (χ1v) is 10.5. The van der Waals surface area contributed by atoms with Crippen LogP contribution in [0.2, 0.25) is 0 Å². The summed E-state index contributed by atoms with van der Waals surface area (Å²) in [4.78, 5) is 18.5. The molecule has 2 aliphatic rings. The number of hydrogen-bond donors (Lipinski definition) is 1. The summed E-state index contributed by atoms with van der Waals surface area (Å²) in [5.74, 6) is 0.521. The molecule has 158 valence electrons. The Labute approximate surface area is 182 Å². The van der Waals surface area contributed by atoms with E-state index >= 15 is 0 Å². The molecule has 6 nitrogen and oxygen atoms in total. The van der Waals surface area contributed by atoms with Crippen LogP contribution in [0.5, 0.6) is 5.75 Å². The number of nitrogens with one attached hydrogen (secondary N) is 1. The van der Waals surface area contributed by atoms with E-state index in [4.69, 9.17) is 10.5 Å². The van der Waals surface area contributed by atoms with E-state index in [1.165, 1.54) is 0 Å². The Morgan fingerprint density at radius 3 is 2.71 bits per heavy atom. The van der Waals surface area contributed by atoms with Crippen LogP contribution in [0.1, 0.15) is 45.1 Å². The summed E-state index contributed by atoms with van der Waals surface area (Å²) >= 11 is 0. The summed E-state index contributed by atoms with van der Waals surface area (Å²) in [6.45, 7) is 6.59. The van der Waals surface area contributed by atoms with E-state index in [0.29, 0.717) is 42.2 Å². The Morgan fingerprint density at radius 1 is 1.26 bits per heavy atom. The van der Waals surface area contributed by atoms with Gasteiger partial charge in [-0.1, -0.05) is 32.0 Å². The molecule has 0 saturated heterocycles. The highest BCUT2D eigenvalue weighted by atomic mass is 16.5. The Morgan fingerprint density at radius 2 is 2.03 bits per heavy atom. The number of H-pyrrole nitrogens is 1. The number of aromatic nitrogens is 1. The first kappa shape index (κ1) is 20.7. The minimum absolute atomic E-state index is 0.0488. The van der Waals surface area contributed by atoms with Gasteiger partial charge in [0.05, 0.1) is 24.2 Å². The van der Waals surface area contributed by atoms with Crippen molar-refractivity contribution in [2.24, 2.45) is 11.1 Å². The van der Waals surface area contributed by atoms with Gasteiger partial charge in [-0.3, -0.25) is 9.69 Å². The fraction of sp³-hybridized carbons (Fsp3) is 0.320. The van der Waals surface area contributed by atoms with Gasteiger partial charge < -0.3 is 10.5 Å². The van der Waals surface area contributed by atoms with Crippen LogP contribution in [0.3, 0.4) is 0 Å². The number of aromatic amines is 1. The third-order valence-electron chi connectivity index (χ3n) is 5.86. The molecule has 2 heterocycles. The minimum atomic E-state index is -0.546. The fourth-order valence-electron chi connectivity index (χ4n) is 4.64. The number of nitrogens with zero attached hydrogens (tertiary/aromatic N) is 2. The number of ether oxygens (including phenoxy) is 1. The lowest BCUT2D eigenvalue weighted by atomic mass is 9.68. The topological polar surface area (TPSA) is 93.5 Å². The molecule has 0 saturated carbocycles. The van der Waals surface area contributed by atoms with Crippen molar-refractivity contribution in [1.29, 1.82) is 5.26 Å². The molecule has 0 radical (unpaired) electrons. The van der Waals surface area contributed by atoms with Crippen LogP contribution in [0.4, 0.5) is 5.69 Å². The highest BCUT2D eigenvalue weighted by molar-refractivity contribution is 6.01. The number of nitrogens with two attached hydrogens (primary N) is 1. The van der Waals surface area contributed by atoms with Crippen molar-refractivity contribution < 1.29 is 14.5 Å². The molecule has 1 unspecified atom stereocenters. The largest absolute Gasteiger partial charge is 0.494 e. The second-order valence-corrected chi connectivity index (χ2v) is 8.71. The molecule has 1 aromatic carbocycles. The minimum Gasteiger partial charge on any atom is -0.494 e. The predicted molar refractivity (Wildman–Crippen MR) is 118 cm³/mol. The molecule has 1 atom stereocenters. The predicted octanol–water partition coefficient (Wildman–Crippen LogP) is 3.84. The summed E-state index contributed by atoms with van der Waals surface area (Å²) in [5.41, 5.74) is 9.88. The third kappa shape index (κ3) is 3.57. The van der Waals surface area contributed by atoms with E-state index in [-0.39, 0.29) is 11.2 Å². The van der Waals surface area contributed by atoms with Gasteiger partial charge in [0.25, 0.3) is 0 Å². The number of allylic oxidation sites excluding steroid dienone is 3. The van der Waals surface area contributed by atoms with Crippen LogP contribution in [0.25, 0.3) is 0 Å². The second kappa shape index (κ2) is 7.92. The number of Topliss-reactive ketones (excluding diaryl/α,β-unsaturated/α-hetero) is 1. The van der Waals surface area contributed by atoms with Gasteiger partial charge in [-0.15, -0.1) is 0 Å². The maximum atomic E-state index is 13.5. The van der Waals surface area contributed by atoms with Crippen LogP contribution >= 0.6 is 0 Å².